The Morgan fingerprint density at radius 3 is 3.00 bits per heavy atom. The highest BCUT2D eigenvalue weighted by Gasteiger charge is 2.29. The zero-order valence-corrected chi connectivity index (χ0v) is 9.58. The van der Waals surface area contributed by atoms with Gasteiger partial charge in [0.2, 0.25) is 0 Å². The lowest BCUT2D eigenvalue weighted by Gasteiger charge is -2.33. The normalized spacial score (nSPS) is 28.3. The van der Waals surface area contributed by atoms with Crippen molar-refractivity contribution in [3.63, 3.8) is 0 Å². The Hall–Kier alpha value is -1.51. The molecule has 7 nitrogen and oxygen atoms in total. The third kappa shape index (κ3) is 2.35. The van der Waals surface area contributed by atoms with E-state index in [9.17, 15) is 14.3 Å². The minimum absolute atomic E-state index is 0.197. The van der Waals surface area contributed by atoms with Gasteiger partial charge < -0.3 is 21.3 Å². The highest BCUT2D eigenvalue weighted by molar-refractivity contribution is 5.26. The number of rotatable bonds is 2. The van der Waals surface area contributed by atoms with Crippen molar-refractivity contribution in [2.24, 2.45) is 0 Å². The Kier molecular flexibility index (Phi) is 3.60. The largest absolute Gasteiger partial charge is 0.395 e. The fourth-order valence-corrected chi connectivity index (χ4v) is 2.07. The molecule has 1 aliphatic rings. The number of aliphatic hydroxyl groups is 2. The maximum atomic E-state index is 13.3. The number of nitrogens with two attached hydrogens (primary N) is 1. The van der Waals surface area contributed by atoms with Gasteiger partial charge in [-0.25, -0.2) is 9.18 Å². The van der Waals surface area contributed by atoms with E-state index in [0.717, 1.165) is 10.8 Å². The van der Waals surface area contributed by atoms with Crippen molar-refractivity contribution in [2.75, 3.05) is 18.9 Å². The van der Waals surface area contributed by atoms with Gasteiger partial charge in [0, 0.05) is 12.7 Å². The fourth-order valence-electron chi connectivity index (χ4n) is 2.07. The third-order valence-corrected chi connectivity index (χ3v) is 3.12. The van der Waals surface area contributed by atoms with E-state index in [1.165, 1.54) is 0 Å². The molecule has 1 aliphatic heterocycles. The number of halogens is 1. The van der Waals surface area contributed by atoms with Gasteiger partial charge in [-0.1, -0.05) is 0 Å². The lowest BCUT2D eigenvalue weighted by atomic mass is 9.98. The second-order valence-electron chi connectivity index (χ2n) is 4.32. The smallest absolute Gasteiger partial charge is 0.349 e. The molecule has 8 heteroatoms. The number of hydrogen-bond donors (Lipinski definition) is 4. The highest BCUT2D eigenvalue weighted by atomic mass is 19.1. The minimum Gasteiger partial charge on any atom is -0.395 e. The molecule has 3 atom stereocenters. The standard InChI is InChI=1S/C10H15FN4O3/c11-6-3-15(10(18)14-9(6)12)5-1-8(17)7(4-16)13-2-5/h3,5,7-8,13,16-17H,1-2,4H2,(H2,12,14,18)/t5-,7+,8-/m0/s1. The lowest BCUT2D eigenvalue weighted by molar-refractivity contribution is 0.0454. The summed E-state index contributed by atoms with van der Waals surface area (Å²) in [5, 5.41) is 21.6. The Morgan fingerprint density at radius 2 is 2.39 bits per heavy atom. The van der Waals surface area contributed by atoms with Crippen LogP contribution in [0.15, 0.2) is 11.0 Å². The van der Waals surface area contributed by atoms with Gasteiger partial charge in [0.25, 0.3) is 0 Å². The van der Waals surface area contributed by atoms with E-state index in [2.05, 4.69) is 10.3 Å². The molecule has 2 heterocycles. The third-order valence-electron chi connectivity index (χ3n) is 3.12. The van der Waals surface area contributed by atoms with Crippen LogP contribution in [-0.4, -0.2) is 45.1 Å². The number of piperidine rings is 1. The molecular weight excluding hydrogens is 243 g/mol. The van der Waals surface area contributed by atoms with Crippen LogP contribution in [0.4, 0.5) is 10.2 Å². The Labute approximate surface area is 102 Å². The van der Waals surface area contributed by atoms with Gasteiger partial charge in [0.05, 0.1) is 24.8 Å². The molecule has 0 spiro atoms. The summed E-state index contributed by atoms with van der Waals surface area (Å²) in [6.07, 6.45) is 0.424. The molecule has 18 heavy (non-hydrogen) atoms. The second-order valence-corrected chi connectivity index (χ2v) is 4.32. The summed E-state index contributed by atoms with van der Waals surface area (Å²) < 4.78 is 14.4. The first-order valence-electron chi connectivity index (χ1n) is 5.59. The van der Waals surface area contributed by atoms with E-state index in [0.29, 0.717) is 6.54 Å². The van der Waals surface area contributed by atoms with Gasteiger partial charge in [0.15, 0.2) is 11.6 Å². The summed E-state index contributed by atoms with van der Waals surface area (Å²) in [7, 11) is 0. The van der Waals surface area contributed by atoms with E-state index in [1.54, 1.807) is 0 Å². The van der Waals surface area contributed by atoms with Crippen LogP contribution in [0.25, 0.3) is 0 Å². The predicted octanol–water partition coefficient (Wildman–Crippen LogP) is -1.78. The van der Waals surface area contributed by atoms with Crippen LogP contribution in [0.2, 0.25) is 0 Å². The summed E-state index contributed by atoms with van der Waals surface area (Å²) in [5.41, 5.74) is 4.54. The van der Waals surface area contributed by atoms with Crippen molar-refractivity contribution in [3.05, 3.63) is 22.5 Å². The number of nitrogens with one attached hydrogen (secondary N) is 1. The zero-order valence-electron chi connectivity index (χ0n) is 9.58. The van der Waals surface area contributed by atoms with Crippen molar-refractivity contribution < 1.29 is 14.6 Å². The predicted molar refractivity (Wildman–Crippen MR) is 61.4 cm³/mol. The van der Waals surface area contributed by atoms with Crippen LogP contribution in [-0.2, 0) is 0 Å². The monoisotopic (exact) mass is 258 g/mol. The molecule has 1 fully saturated rings. The molecule has 1 aromatic rings. The van der Waals surface area contributed by atoms with Crippen LogP contribution in [0.1, 0.15) is 12.5 Å². The van der Waals surface area contributed by atoms with E-state index in [1.807, 2.05) is 0 Å². The van der Waals surface area contributed by atoms with E-state index < -0.39 is 35.5 Å². The number of anilines is 1. The number of nitrogen functional groups attached to an aromatic ring is 1. The maximum absolute atomic E-state index is 13.3. The van der Waals surface area contributed by atoms with Gasteiger partial charge in [-0.2, -0.15) is 4.98 Å². The summed E-state index contributed by atoms with van der Waals surface area (Å²) in [6, 6.07) is -0.846. The lowest BCUT2D eigenvalue weighted by Crippen LogP contribution is -2.52. The van der Waals surface area contributed by atoms with Crippen LogP contribution in [0.3, 0.4) is 0 Å². The van der Waals surface area contributed by atoms with Crippen molar-refractivity contribution in [2.45, 2.75) is 24.6 Å². The molecular formula is C10H15FN4O3. The van der Waals surface area contributed by atoms with Crippen molar-refractivity contribution in [1.82, 2.24) is 14.9 Å². The molecule has 0 unspecified atom stereocenters. The molecule has 100 valence electrons. The number of hydrogen-bond acceptors (Lipinski definition) is 6. The quantitative estimate of drug-likeness (QED) is 0.499. The summed E-state index contributed by atoms with van der Waals surface area (Å²) in [4.78, 5) is 15.0. The summed E-state index contributed by atoms with van der Waals surface area (Å²) in [6.45, 7) is 0.143. The van der Waals surface area contributed by atoms with Gasteiger partial charge in [-0.15, -0.1) is 0 Å². The van der Waals surface area contributed by atoms with Gasteiger partial charge in [0.1, 0.15) is 0 Å². The first-order chi connectivity index (χ1) is 8.52. The van der Waals surface area contributed by atoms with Gasteiger partial charge in [-0.3, -0.25) is 4.57 Å². The Morgan fingerprint density at radius 1 is 1.67 bits per heavy atom. The summed E-state index contributed by atoms with van der Waals surface area (Å²) in [5.74, 6) is -1.21. The minimum atomic E-state index is -0.804. The van der Waals surface area contributed by atoms with Gasteiger partial charge in [-0.05, 0) is 6.42 Å². The molecule has 0 radical (unpaired) electrons. The summed E-state index contributed by atoms with van der Waals surface area (Å²) >= 11 is 0. The topological polar surface area (TPSA) is 113 Å². The van der Waals surface area contributed by atoms with Crippen LogP contribution >= 0.6 is 0 Å². The molecule has 0 bridgehead atoms. The fraction of sp³-hybridized carbons (Fsp3) is 0.600. The highest BCUT2D eigenvalue weighted by Crippen LogP contribution is 2.19. The molecule has 2 rings (SSSR count). The molecule has 0 aliphatic carbocycles. The zero-order chi connectivity index (χ0) is 13.3. The number of aromatic nitrogens is 2. The van der Waals surface area contributed by atoms with E-state index in [-0.39, 0.29) is 13.0 Å². The molecule has 0 amide bonds. The van der Waals surface area contributed by atoms with Crippen LogP contribution in [0.5, 0.6) is 0 Å². The molecule has 5 N–H and O–H groups in total. The van der Waals surface area contributed by atoms with E-state index in [4.69, 9.17) is 10.8 Å². The number of nitrogens with zero attached hydrogens (tertiary/aromatic N) is 2. The van der Waals surface area contributed by atoms with Crippen LogP contribution in [0, 0.1) is 5.82 Å². The number of aliphatic hydroxyl groups excluding tert-OH is 2. The van der Waals surface area contributed by atoms with Gasteiger partial charge >= 0.3 is 5.69 Å². The molecule has 1 aromatic heterocycles. The van der Waals surface area contributed by atoms with Crippen molar-refractivity contribution in [1.29, 1.82) is 0 Å². The Bertz CT molecular complexity index is 493. The van der Waals surface area contributed by atoms with Crippen molar-refractivity contribution in [3.8, 4) is 0 Å². The van der Waals surface area contributed by atoms with Crippen LogP contribution < -0.4 is 16.7 Å². The molecule has 0 saturated carbocycles. The maximum Gasteiger partial charge on any atom is 0.349 e. The first kappa shape index (κ1) is 12.9. The average Bonchev–Trinajstić information content (AvgIpc) is 2.33. The average molecular weight is 258 g/mol. The second kappa shape index (κ2) is 5.01. The SMILES string of the molecule is Nc1nc(=O)n([C@@H]2CN[C@H](CO)[C@@H](O)C2)cc1F. The van der Waals surface area contributed by atoms with Crippen molar-refractivity contribution >= 4 is 5.82 Å². The van der Waals surface area contributed by atoms with E-state index >= 15 is 0 Å². The molecule has 0 aromatic carbocycles. The Balaban J connectivity index is 2.23. The molecule has 1 saturated heterocycles. The first-order valence-corrected chi connectivity index (χ1v) is 5.59.